The molecule has 5 rings (SSSR count). The second kappa shape index (κ2) is 8.83. The van der Waals surface area contributed by atoms with Crippen LogP contribution in [0, 0.1) is 12.8 Å². The van der Waals surface area contributed by atoms with E-state index in [0.717, 1.165) is 26.5 Å². The predicted octanol–water partition coefficient (Wildman–Crippen LogP) is 4.15. The normalized spacial score (nSPS) is 16.8. The van der Waals surface area contributed by atoms with Crippen molar-refractivity contribution in [3.05, 3.63) is 50.6 Å². The van der Waals surface area contributed by atoms with Crippen LogP contribution in [-0.2, 0) is 27.3 Å². The van der Waals surface area contributed by atoms with E-state index in [2.05, 4.69) is 24.0 Å². The molecule has 178 valence electrons. The van der Waals surface area contributed by atoms with Crippen LogP contribution in [0.2, 0.25) is 0 Å². The molecule has 0 bridgehead atoms. The van der Waals surface area contributed by atoms with Crippen LogP contribution < -0.4 is 5.56 Å². The number of ether oxygens (including phenoxy) is 2. The number of methoxy groups -OCH3 is 1. The molecule has 0 N–H and O–H groups in total. The SMILES string of the molecule is COC(=O)[C@H](C)Sc1nnc2n(-c3cccc(C)c3)c(=O)c3c4c(sc3n12)CO[C@H](C(C)C)C4. The Kier molecular flexibility index (Phi) is 5.99. The number of carbonyl (C=O) groups is 1. The molecular formula is C24H26N4O4S2. The molecule has 2 atom stereocenters. The maximum absolute atomic E-state index is 14.0. The van der Waals surface area contributed by atoms with Crippen molar-refractivity contribution in [3.63, 3.8) is 0 Å². The summed E-state index contributed by atoms with van der Waals surface area (Å²) in [7, 11) is 1.37. The van der Waals surface area contributed by atoms with Gasteiger partial charge in [0.2, 0.25) is 5.78 Å². The number of thioether (sulfide) groups is 1. The van der Waals surface area contributed by atoms with Crippen molar-refractivity contribution in [1.29, 1.82) is 0 Å². The average Bonchev–Trinajstić information content (AvgIpc) is 3.39. The van der Waals surface area contributed by atoms with E-state index in [1.807, 2.05) is 35.6 Å². The molecule has 34 heavy (non-hydrogen) atoms. The van der Waals surface area contributed by atoms with Crippen molar-refractivity contribution in [1.82, 2.24) is 19.2 Å². The number of aryl methyl sites for hydroxylation is 1. The summed E-state index contributed by atoms with van der Waals surface area (Å²) < 4.78 is 14.5. The predicted molar refractivity (Wildman–Crippen MR) is 133 cm³/mol. The third-order valence-corrected chi connectivity index (χ3v) is 8.37. The van der Waals surface area contributed by atoms with Gasteiger partial charge in [0.15, 0.2) is 5.16 Å². The summed E-state index contributed by atoms with van der Waals surface area (Å²) in [6, 6.07) is 7.78. The number of nitrogens with zero attached hydrogens (tertiary/aromatic N) is 4. The molecule has 8 nitrogen and oxygen atoms in total. The van der Waals surface area contributed by atoms with Gasteiger partial charge < -0.3 is 9.47 Å². The summed E-state index contributed by atoms with van der Waals surface area (Å²) in [6.45, 7) is 8.51. The van der Waals surface area contributed by atoms with E-state index in [4.69, 9.17) is 9.47 Å². The van der Waals surface area contributed by atoms with Gasteiger partial charge in [0, 0.05) is 11.3 Å². The van der Waals surface area contributed by atoms with Gasteiger partial charge in [0.05, 0.1) is 30.9 Å². The van der Waals surface area contributed by atoms with Gasteiger partial charge in [0.25, 0.3) is 5.56 Å². The highest BCUT2D eigenvalue weighted by Crippen LogP contribution is 2.38. The minimum absolute atomic E-state index is 0.0573. The summed E-state index contributed by atoms with van der Waals surface area (Å²) in [6.07, 6.45) is 0.743. The van der Waals surface area contributed by atoms with Crippen LogP contribution in [0.1, 0.15) is 36.8 Å². The average molecular weight is 499 g/mol. The van der Waals surface area contributed by atoms with Gasteiger partial charge >= 0.3 is 5.97 Å². The first-order valence-corrected chi connectivity index (χ1v) is 12.9. The number of esters is 1. The molecule has 4 heterocycles. The van der Waals surface area contributed by atoms with E-state index >= 15 is 0 Å². The zero-order chi connectivity index (χ0) is 24.1. The molecule has 0 saturated carbocycles. The number of hydrogen-bond donors (Lipinski definition) is 0. The molecule has 0 saturated heterocycles. The van der Waals surface area contributed by atoms with Gasteiger partial charge in [-0.3, -0.25) is 9.59 Å². The third kappa shape index (κ3) is 3.73. The van der Waals surface area contributed by atoms with E-state index in [1.54, 1.807) is 11.5 Å². The minimum atomic E-state index is -0.477. The van der Waals surface area contributed by atoms with Crippen LogP contribution in [0.4, 0.5) is 0 Å². The molecule has 0 radical (unpaired) electrons. The molecular weight excluding hydrogens is 472 g/mol. The monoisotopic (exact) mass is 498 g/mol. The van der Waals surface area contributed by atoms with Gasteiger partial charge in [0.1, 0.15) is 10.1 Å². The molecule has 0 amide bonds. The summed E-state index contributed by atoms with van der Waals surface area (Å²) in [4.78, 5) is 28.0. The molecule has 1 aliphatic heterocycles. The number of thiophene rings is 1. The van der Waals surface area contributed by atoms with Gasteiger partial charge in [-0.15, -0.1) is 21.5 Å². The van der Waals surface area contributed by atoms with Crippen molar-refractivity contribution in [2.45, 2.75) is 57.2 Å². The Balaban J connectivity index is 1.82. The molecule has 4 aromatic rings. The number of rotatable bonds is 5. The highest BCUT2D eigenvalue weighted by Gasteiger charge is 2.30. The topological polar surface area (TPSA) is 87.7 Å². The molecule has 0 unspecified atom stereocenters. The van der Waals surface area contributed by atoms with Crippen molar-refractivity contribution in [2.75, 3.05) is 7.11 Å². The maximum atomic E-state index is 14.0. The fourth-order valence-electron chi connectivity index (χ4n) is 4.32. The standard InChI is InChI=1S/C24H26N4O4S2/c1-12(2)17-10-16-18(11-32-17)34-21-19(16)20(29)27(15-8-6-7-13(3)9-15)23-25-26-24(28(21)23)33-14(4)22(30)31-5/h6-9,12,14,17H,10-11H2,1-5H3/t14-,17-/m0/s1. The quantitative estimate of drug-likeness (QED) is 0.302. The molecule has 1 aliphatic rings. The van der Waals surface area contributed by atoms with Crippen molar-refractivity contribution >= 4 is 45.1 Å². The first kappa shape index (κ1) is 23.1. The van der Waals surface area contributed by atoms with E-state index in [-0.39, 0.29) is 17.6 Å². The van der Waals surface area contributed by atoms with Crippen LogP contribution in [0.3, 0.4) is 0 Å². The lowest BCUT2D eigenvalue weighted by Crippen LogP contribution is -2.28. The fraction of sp³-hybridized carbons (Fsp3) is 0.417. The van der Waals surface area contributed by atoms with Crippen molar-refractivity contribution in [2.24, 2.45) is 5.92 Å². The highest BCUT2D eigenvalue weighted by molar-refractivity contribution is 8.00. The number of benzene rings is 1. The number of hydrogen-bond acceptors (Lipinski definition) is 8. The van der Waals surface area contributed by atoms with Gasteiger partial charge in [-0.25, -0.2) is 8.97 Å². The number of carbonyl (C=O) groups excluding carboxylic acids is 1. The Bertz CT molecular complexity index is 1470. The Hall–Kier alpha value is -2.69. The number of fused-ring (bicyclic) bond motifs is 5. The van der Waals surface area contributed by atoms with E-state index in [9.17, 15) is 9.59 Å². The van der Waals surface area contributed by atoms with Gasteiger partial charge in [-0.2, -0.15) is 0 Å². The Morgan fingerprint density at radius 1 is 1.29 bits per heavy atom. The summed E-state index contributed by atoms with van der Waals surface area (Å²) in [5, 5.41) is 9.53. The van der Waals surface area contributed by atoms with Crippen molar-refractivity contribution < 1.29 is 14.3 Å². The van der Waals surface area contributed by atoms with Crippen LogP contribution in [0.5, 0.6) is 0 Å². The number of aromatic nitrogens is 4. The first-order chi connectivity index (χ1) is 16.3. The molecule has 3 aromatic heterocycles. The lowest BCUT2D eigenvalue weighted by molar-refractivity contribution is -0.139. The summed E-state index contributed by atoms with van der Waals surface area (Å²) in [5.74, 6) is 0.416. The van der Waals surface area contributed by atoms with E-state index < -0.39 is 5.25 Å². The molecule has 0 aliphatic carbocycles. The Morgan fingerprint density at radius 3 is 2.79 bits per heavy atom. The molecule has 10 heteroatoms. The van der Waals surface area contributed by atoms with E-state index in [1.165, 1.54) is 30.2 Å². The first-order valence-electron chi connectivity index (χ1n) is 11.2. The largest absolute Gasteiger partial charge is 0.468 e. The molecule has 0 fully saturated rings. The van der Waals surface area contributed by atoms with Gasteiger partial charge in [-0.05, 0) is 43.0 Å². The summed E-state index contributed by atoms with van der Waals surface area (Å²) >= 11 is 2.81. The second-order valence-electron chi connectivity index (χ2n) is 8.86. The zero-order valence-corrected chi connectivity index (χ0v) is 21.3. The minimum Gasteiger partial charge on any atom is -0.468 e. The van der Waals surface area contributed by atoms with Crippen molar-refractivity contribution in [3.8, 4) is 5.69 Å². The second-order valence-corrected chi connectivity index (χ2v) is 11.3. The zero-order valence-electron chi connectivity index (χ0n) is 19.7. The van der Waals surface area contributed by atoms with Crippen LogP contribution in [0.25, 0.3) is 21.7 Å². The molecule has 1 aromatic carbocycles. The van der Waals surface area contributed by atoms with Crippen LogP contribution in [-0.4, -0.2) is 43.6 Å². The fourth-order valence-corrected chi connectivity index (χ4v) is 6.49. The smallest absolute Gasteiger partial charge is 0.318 e. The lowest BCUT2D eigenvalue weighted by atomic mass is 9.96. The van der Waals surface area contributed by atoms with Crippen LogP contribution >= 0.6 is 23.1 Å². The Morgan fingerprint density at radius 2 is 2.09 bits per heavy atom. The van der Waals surface area contributed by atoms with Gasteiger partial charge in [-0.1, -0.05) is 37.7 Å². The highest BCUT2D eigenvalue weighted by atomic mass is 32.2. The lowest BCUT2D eigenvalue weighted by Gasteiger charge is -2.26. The Labute approximate surface area is 204 Å². The van der Waals surface area contributed by atoms with E-state index in [0.29, 0.717) is 35.3 Å². The van der Waals surface area contributed by atoms with Crippen LogP contribution in [0.15, 0.2) is 34.2 Å². The third-order valence-electron chi connectivity index (χ3n) is 6.16. The maximum Gasteiger partial charge on any atom is 0.318 e. The summed E-state index contributed by atoms with van der Waals surface area (Å²) in [5.41, 5.74) is 2.70. The molecule has 0 spiro atoms.